The molecular formula is C15H16N2O4. The first-order chi connectivity index (χ1) is 9.99. The van der Waals surface area contributed by atoms with Crippen molar-refractivity contribution in [1.29, 1.82) is 0 Å². The minimum atomic E-state index is -1.12. The summed E-state index contributed by atoms with van der Waals surface area (Å²) < 4.78 is 6.89. The molecule has 0 amide bonds. The molecule has 0 aliphatic heterocycles. The Kier molecular flexibility index (Phi) is 4.37. The number of rotatable bonds is 5. The molecule has 0 aliphatic carbocycles. The van der Waals surface area contributed by atoms with Gasteiger partial charge in [0.05, 0.1) is 0 Å². The summed E-state index contributed by atoms with van der Waals surface area (Å²) in [5.41, 5.74) is -0.399. The van der Waals surface area contributed by atoms with E-state index in [1.54, 1.807) is 18.3 Å². The second-order valence-corrected chi connectivity index (χ2v) is 4.99. The first-order valence-electron chi connectivity index (χ1n) is 6.54. The van der Waals surface area contributed by atoms with E-state index in [1.165, 1.54) is 22.9 Å². The fourth-order valence-corrected chi connectivity index (χ4v) is 1.87. The van der Waals surface area contributed by atoms with E-state index in [0.717, 1.165) is 0 Å². The van der Waals surface area contributed by atoms with Crippen molar-refractivity contribution in [3.8, 4) is 11.6 Å². The molecule has 1 N–H and O–H groups in total. The first-order valence-corrected chi connectivity index (χ1v) is 6.54. The quantitative estimate of drug-likeness (QED) is 0.913. The molecule has 0 fully saturated rings. The standard InChI is InChI=1S/C15H16N2O4/c1-10(2)9-17-8-7-16-13(14(17)18)21-12-6-4-3-5-11(12)15(19)20/h3-8,10H,9H2,1-2H3,(H,19,20). The number of carboxylic acids is 1. The van der Waals surface area contributed by atoms with Crippen LogP contribution in [0.4, 0.5) is 0 Å². The van der Waals surface area contributed by atoms with Crippen molar-refractivity contribution in [3.05, 3.63) is 52.6 Å². The van der Waals surface area contributed by atoms with Crippen LogP contribution < -0.4 is 10.3 Å². The summed E-state index contributed by atoms with van der Waals surface area (Å²) in [5.74, 6) is -0.864. The van der Waals surface area contributed by atoms with E-state index in [0.29, 0.717) is 12.5 Å². The topological polar surface area (TPSA) is 81.4 Å². The van der Waals surface area contributed by atoms with Gasteiger partial charge in [-0.05, 0) is 18.1 Å². The molecule has 110 valence electrons. The number of nitrogens with zero attached hydrogens (tertiary/aromatic N) is 2. The number of benzene rings is 1. The maximum absolute atomic E-state index is 12.2. The van der Waals surface area contributed by atoms with Crippen LogP contribution in [0.15, 0.2) is 41.5 Å². The van der Waals surface area contributed by atoms with Gasteiger partial charge in [-0.2, -0.15) is 0 Å². The van der Waals surface area contributed by atoms with Crippen LogP contribution in [0.2, 0.25) is 0 Å². The van der Waals surface area contributed by atoms with Crippen LogP contribution in [-0.4, -0.2) is 20.6 Å². The van der Waals surface area contributed by atoms with Crippen molar-refractivity contribution < 1.29 is 14.6 Å². The van der Waals surface area contributed by atoms with Gasteiger partial charge in [-0.15, -0.1) is 0 Å². The third-order valence-electron chi connectivity index (χ3n) is 2.77. The fourth-order valence-electron chi connectivity index (χ4n) is 1.87. The van der Waals surface area contributed by atoms with Gasteiger partial charge in [0.1, 0.15) is 11.3 Å². The van der Waals surface area contributed by atoms with Gasteiger partial charge in [-0.3, -0.25) is 4.79 Å². The van der Waals surface area contributed by atoms with Gasteiger partial charge in [-0.1, -0.05) is 26.0 Å². The lowest BCUT2D eigenvalue weighted by Crippen LogP contribution is -2.23. The Bertz CT molecular complexity index is 707. The third-order valence-corrected chi connectivity index (χ3v) is 2.77. The molecule has 0 unspecified atom stereocenters. The van der Waals surface area contributed by atoms with E-state index in [-0.39, 0.29) is 22.8 Å². The molecule has 6 nitrogen and oxygen atoms in total. The molecule has 0 saturated heterocycles. The molecule has 1 aromatic carbocycles. The highest BCUT2D eigenvalue weighted by Crippen LogP contribution is 2.21. The van der Waals surface area contributed by atoms with Crippen LogP contribution in [-0.2, 0) is 6.54 Å². The fraction of sp³-hybridized carbons (Fsp3) is 0.267. The van der Waals surface area contributed by atoms with E-state index >= 15 is 0 Å². The number of hydrogen-bond donors (Lipinski definition) is 1. The average molecular weight is 288 g/mol. The minimum absolute atomic E-state index is 0.0158. The minimum Gasteiger partial charge on any atom is -0.478 e. The molecule has 1 aromatic heterocycles. The molecule has 0 saturated carbocycles. The molecule has 1 heterocycles. The zero-order chi connectivity index (χ0) is 15.4. The van der Waals surface area contributed by atoms with Crippen molar-refractivity contribution in [3.63, 3.8) is 0 Å². The van der Waals surface area contributed by atoms with E-state index < -0.39 is 5.97 Å². The summed E-state index contributed by atoms with van der Waals surface area (Å²) in [4.78, 5) is 27.2. The van der Waals surface area contributed by atoms with Crippen molar-refractivity contribution in [2.75, 3.05) is 0 Å². The number of hydrogen-bond acceptors (Lipinski definition) is 4. The predicted octanol–water partition coefficient (Wildman–Crippen LogP) is 2.39. The Morgan fingerprint density at radius 2 is 2.10 bits per heavy atom. The monoisotopic (exact) mass is 288 g/mol. The molecule has 0 atom stereocenters. The van der Waals surface area contributed by atoms with Crippen LogP contribution in [0.3, 0.4) is 0 Å². The Morgan fingerprint density at radius 3 is 2.76 bits per heavy atom. The zero-order valence-electron chi connectivity index (χ0n) is 11.8. The van der Waals surface area contributed by atoms with Gasteiger partial charge < -0.3 is 14.4 Å². The summed E-state index contributed by atoms with van der Waals surface area (Å²) in [6.07, 6.45) is 3.04. The van der Waals surface area contributed by atoms with Crippen LogP contribution in [0.5, 0.6) is 11.6 Å². The average Bonchev–Trinajstić information content (AvgIpc) is 2.43. The van der Waals surface area contributed by atoms with Crippen LogP contribution >= 0.6 is 0 Å². The molecular weight excluding hydrogens is 272 g/mol. The number of aromatic carboxylic acids is 1. The maximum atomic E-state index is 12.2. The highest BCUT2D eigenvalue weighted by atomic mass is 16.5. The van der Waals surface area contributed by atoms with Gasteiger partial charge >= 0.3 is 11.5 Å². The van der Waals surface area contributed by atoms with E-state index in [4.69, 9.17) is 9.84 Å². The molecule has 0 aliphatic rings. The second-order valence-electron chi connectivity index (χ2n) is 4.99. The largest absolute Gasteiger partial charge is 0.478 e. The molecule has 0 bridgehead atoms. The number of ether oxygens (including phenoxy) is 1. The van der Waals surface area contributed by atoms with Gasteiger partial charge in [0.25, 0.3) is 5.88 Å². The van der Waals surface area contributed by atoms with Crippen LogP contribution in [0.1, 0.15) is 24.2 Å². The Balaban J connectivity index is 2.37. The second kappa shape index (κ2) is 6.21. The molecule has 2 aromatic rings. The normalized spacial score (nSPS) is 10.6. The lowest BCUT2D eigenvalue weighted by molar-refractivity contribution is 0.0694. The first kappa shape index (κ1) is 14.8. The van der Waals surface area contributed by atoms with E-state index in [9.17, 15) is 9.59 Å². The Labute approximate surface area is 121 Å². The summed E-state index contributed by atoms with van der Waals surface area (Å²) in [6, 6.07) is 6.13. The Morgan fingerprint density at radius 1 is 1.38 bits per heavy atom. The molecule has 2 rings (SSSR count). The Hall–Kier alpha value is -2.63. The molecule has 21 heavy (non-hydrogen) atoms. The maximum Gasteiger partial charge on any atom is 0.339 e. The number of carboxylic acid groups (broad SMARTS) is 1. The summed E-state index contributed by atoms with van der Waals surface area (Å²) in [7, 11) is 0. The van der Waals surface area contributed by atoms with Gasteiger partial charge in [0, 0.05) is 18.9 Å². The number of aromatic nitrogens is 2. The highest BCUT2D eigenvalue weighted by Gasteiger charge is 2.14. The van der Waals surface area contributed by atoms with Crippen LogP contribution in [0.25, 0.3) is 0 Å². The summed E-state index contributed by atoms with van der Waals surface area (Å²) in [6.45, 7) is 4.53. The lowest BCUT2D eigenvalue weighted by Gasteiger charge is -2.11. The van der Waals surface area contributed by atoms with Crippen molar-refractivity contribution in [1.82, 2.24) is 9.55 Å². The van der Waals surface area contributed by atoms with E-state index in [1.807, 2.05) is 13.8 Å². The van der Waals surface area contributed by atoms with Crippen molar-refractivity contribution >= 4 is 5.97 Å². The number of para-hydroxylation sites is 1. The smallest absolute Gasteiger partial charge is 0.339 e. The van der Waals surface area contributed by atoms with Gasteiger partial charge in [0.2, 0.25) is 0 Å². The molecule has 0 radical (unpaired) electrons. The van der Waals surface area contributed by atoms with Gasteiger partial charge in [-0.25, -0.2) is 9.78 Å². The third kappa shape index (κ3) is 3.47. The summed E-state index contributed by atoms with van der Waals surface area (Å²) in [5, 5.41) is 9.10. The van der Waals surface area contributed by atoms with E-state index in [2.05, 4.69) is 4.98 Å². The van der Waals surface area contributed by atoms with Gasteiger partial charge in [0.15, 0.2) is 0 Å². The highest BCUT2D eigenvalue weighted by molar-refractivity contribution is 5.90. The number of carbonyl (C=O) groups is 1. The molecule has 6 heteroatoms. The molecule has 0 spiro atoms. The predicted molar refractivity (Wildman–Crippen MR) is 76.8 cm³/mol. The SMILES string of the molecule is CC(C)Cn1ccnc(Oc2ccccc2C(=O)O)c1=O. The summed E-state index contributed by atoms with van der Waals surface area (Å²) >= 11 is 0. The van der Waals surface area contributed by atoms with Crippen LogP contribution in [0, 0.1) is 5.92 Å². The van der Waals surface area contributed by atoms with Crippen molar-refractivity contribution in [2.45, 2.75) is 20.4 Å². The van der Waals surface area contributed by atoms with Crippen molar-refractivity contribution in [2.24, 2.45) is 5.92 Å². The zero-order valence-corrected chi connectivity index (χ0v) is 11.8. The lowest BCUT2D eigenvalue weighted by atomic mass is 10.2.